The Hall–Kier alpha value is -2.04. The van der Waals surface area contributed by atoms with Gasteiger partial charge in [0.1, 0.15) is 5.75 Å². The summed E-state index contributed by atoms with van der Waals surface area (Å²) in [6.45, 7) is 4.26. The maximum absolute atomic E-state index is 12.2. The molecule has 0 aliphatic rings. The van der Waals surface area contributed by atoms with E-state index in [1.807, 2.05) is 13.8 Å². The highest BCUT2D eigenvalue weighted by molar-refractivity contribution is 5.94. The third-order valence-electron chi connectivity index (χ3n) is 2.68. The molecule has 1 N–H and O–H groups in total. The van der Waals surface area contributed by atoms with Crippen molar-refractivity contribution >= 4 is 11.9 Å². The fourth-order valence-electron chi connectivity index (χ4n) is 1.76. The first-order valence-corrected chi connectivity index (χ1v) is 6.64. The average Bonchev–Trinajstić information content (AvgIpc) is 2.36. The van der Waals surface area contributed by atoms with Crippen LogP contribution in [0, 0.1) is 0 Å². The lowest BCUT2D eigenvalue weighted by atomic mass is 10.2. The van der Waals surface area contributed by atoms with Crippen molar-refractivity contribution in [2.45, 2.75) is 32.8 Å². The normalized spacial score (nSPS) is 10.4. The molecule has 0 aliphatic carbocycles. The molecule has 20 heavy (non-hydrogen) atoms. The van der Waals surface area contributed by atoms with Crippen LogP contribution in [0.1, 0.15) is 37.0 Å². The van der Waals surface area contributed by atoms with Crippen LogP contribution in [0.2, 0.25) is 0 Å². The summed E-state index contributed by atoms with van der Waals surface area (Å²) in [6, 6.07) is 7.01. The summed E-state index contributed by atoms with van der Waals surface area (Å²) in [5.74, 6) is -0.326. The highest BCUT2D eigenvalue weighted by Gasteiger charge is 2.13. The molecule has 0 spiro atoms. The molecular weight excluding hydrogens is 258 g/mol. The van der Waals surface area contributed by atoms with Crippen molar-refractivity contribution in [1.29, 1.82) is 0 Å². The van der Waals surface area contributed by atoms with Gasteiger partial charge in [0.2, 0.25) is 0 Å². The number of carbonyl (C=O) groups is 2. The molecule has 0 aliphatic heterocycles. The molecular formula is C15H21NO4. The Morgan fingerprint density at radius 2 is 2.05 bits per heavy atom. The molecule has 110 valence electrons. The minimum absolute atomic E-state index is 0.0497. The predicted molar refractivity (Wildman–Crippen MR) is 76.0 cm³/mol. The summed E-state index contributed by atoms with van der Waals surface area (Å²) >= 11 is 0. The molecule has 0 atom stereocenters. The zero-order valence-corrected chi connectivity index (χ0v) is 12.1. The molecule has 0 bridgehead atoms. The number of hydrogen-bond acceptors (Lipinski definition) is 3. The van der Waals surface area contributed by atoms with Gasteiger partial charge in [-0.15, -0.1) is 0 Å². The van der Waals surface area contributed by atoms with Gasteiger partial charge >= 0.3 is 5.97 Å². The van der Waals surface area contributed by atoms with E-state index in [2.05, 4.69) is 0 Å². The van der Waals surface area contributed by atoms with Crippen LogP contribution in [0.15, 0.2) is 24.3 Å². The van der Waals surface area contributed by atoms with Gasteiger partial charge in [-0.25, -0.2) is 0 Å². The number of nitrogens with zero attached hydrogens (tertiary/aromatic N) is 1. The topological polar surface area (TPSA) is 66.8 Å². The molecule has 0 aromatic heterocycles. The average molecular weight is 279 g/mol. The van der Waals surface area contributed by atoms with Gasteiger partial charge in [-0.1, -0.05) is 6.07 Å². The smallest absolute Gasteiger partial charge is 0.303 e. The largest absolute Gasteiger partial charge is 0.491 e. The van der Waals surface area contributed by atoms with Gasteiger partial charge < -0.3 is 14.7 Å². The van der Waals surface area contributed by atoms with Crippen LogP contribution in [0.25, 0.3) is 0 Å². The minimum Gasteiger partial charge on any atom is -0.491 e. The lowest BCUT2D eigenvalue weighted by molar-refractivity contribution is -0.137. The highest BCUT2D eigenvalue weighted by Crippen LogP contribution is 2.16. The molecule has 0 radical (unpaired) electrons. The quantitative estimate of drug-likeness (QED) is 0.832. The van der Waals surface area contributed by atoms with Crippen LogP contribution in [0.5, 0.6) is 5.75 Å². The zero-order valence-electron chi connectivity index (χ0n) is 12.1. The fraction of sp³-hybridized carbons (Fsp3) is 0.467. The molecule has 5 heteroatoms. The number of hydrogen-bond donors (Lipinski definition) is 1. The third-order valence-corrected chi connectivity index (χ3v) is 2.68. The van der Waals surface area contributed by atoms with Crippen molar-refractivity contribution in [1.82, 2.24) is 4.90 Å². The lowest BCUT2D eigenvalue weighted by Crippen LogP contribution is -2.28. The van der Waals surface area contributed by atoms with Crippen LogP contribution >= 0.6 is 0 Å². The van der Waals surface area contributed by atoms with E-state index in [0.717, 1.165) is 0 Å². The van der Waals surface area contributed by atoms with E-state index < -0.39 is 5.97 Å². The summed E-state index contributed by atoms with van der Waals surface area (Å²) in [4.78, 5) is 24.2. The van der Waals surface area contributed by atoms with Crippen molar-refractivity contribution in [3.8, 4) is 5.75 Å². The van der Waals surface area contributed by atoms with Crippen LogP contribution in [-0.4, -0.2) is 41.6 Å². The first-order valence-electron chi connectivity index (χ1n) is 6.64. The summed E-state index contributed by atoms with van der Waals surface area (Å²) in [5, 5.41) is 8.58. The molecule has 5 nitrogen and oxygen atoms in total. The van der Waals surface area contributed by atoms with E-state index >= 15 is 0 Å². The predicted octanol–water partition coefficient (Wildman–Crippen LogP) is 2.41. The maximum atomic E-state index is 12.2. The number of carboxylic acid groups (broad SMARTS) is 1. The fourth-order valence-corrected chi connectivity index (χ4v) is 1.76. The first kappa shape index (κ1) is 16.0. The Balaban J connectivity index is 2.64. The molecule has 1 aromatic carbocycles. The van der Waals surface area contributed by atoms with Crippen LogP contribution < -0.4 is 4.74 Å². The summed E-state index contributed by atoms with van der Waals surface area (Å²) in [6.07, 6.45) is 0.557. The molecule has 0 unspecified atom stereocenters. The summed E-state index contributed by atoms with van der Waals surface area (Å²) in [7, 11) is 1.67. The number of rotatable bonds is 7. The lowest BCUT2D eigenvalue weighted by Gasteiger charge is -2.17. The van der Waals surface area contributed by atoms with E-state index in [4.69, 9.17) is 9.84 Å². The number of aliphatic carboxylic acids is 1. The van der Waals surface area contributed by atoms with Crippen molar-refractivity contribution < 1.29 is 19.4 Å². The Kier molecular flexibility index (Phi) is 6.03. The summed E-state index contributed by atoms with van der Waals surface area (Å²) < 4.78 is 5.55. The second-order valence-electron chi connectivity index (χ2n) is 4.92. The number of ether oxygens (including phenoxy) is 1. The van der Waals surface area contributed by atoms with Crippen molar-refractivity contribution in [2.24, 2.45) is 0 Å². The van der Waals surface area contributed by atoms with Crippen molar-refractivity contribution in [3.05, 3.63) is 29.8 Å². The molecule has 1 amide bonds. The minimum atomic E-state index is -0.849. The van der Waals surface area contributed by atoms with Gasteiger partial charge in [0.05, 0.1) is 6.10 Å². The molecule has 0 fully saturated rings. The van der Waals surface area contributed by atoms with Crippen molar-refractivity contribution in [2.75, 3.05) is 13.6 Å². The third kappa shape index (κ3) is 5.30. The number of amides is 1. The van der Waals surface area contributed by atoms with Gasteiger partial charge in [0.15, 0.2) is 0 Å². The van der Waals surface area contributed by atoms with Crippen LogP contribution in [0.3, 0.4) is 0 Å². The second kappa shape index (κ2) is 7.53. The van der Waals surface area contributed by atoms with Gasteiger partial charge in [-0.2, -0.15) is 0 Å². The Morgan fingerprint density at radius 3 is 2.65 bits per heavy atom. The Morgan fingerprint density at radius 1 is 1.35 bits per heavy atom. The SMILES string of the molecule is CC(C)Oc1cccc(C(=O)N(C)CCCC(=O)O)c1. The van der Waals surface area contributed by atoms with Gasteiger partial charge in [-0.05, 0) is 38.5 Å². The van der Waals surface area contributed by atoms with E-state index in [0.29, 0.717) is 24.3 Å². The number of benzene rings is 1. The molecule has 1 aromatic rings. The molecule has 1 rings (SSSR count). The van der Waals surface area contributed by atoms with Gasteiger partial charge in [0.25, 0.3) is 5.91 Å². The number of carboxylic acids is 1. The monoisotopic (exact) mass is 279 g/mol. The highest BCUT2D eigenvalue weighted by atomic mass is 16.5. The van der Waals surface area contributed by atoms with Crippen LogP contribution in [-0.2, 0) is 4.79 Å². The molecule has 0 saturated heterocycles. The second-order valence-corrected chi connectivity index (χ2v) is 4.92. The molecule has 0 saturated carbocycles. The maximum Gasteiger partial charge on any atom is 0.303 e. The summed E-state index contributed by atoms with van der Waals surface area (Å²) in [5.41, 5.74) is 0.543. The van der Waals surface area contributed by atoms with E-state index in [1.54, 1.807) is 31.3 Å². The van der Waals surface area contributed by atoms with E-state index in [1.165, 1.54) is 4.90 Å². The Bertz CT molecular complexity index is 471. The van der Waals surface area contributed by atoms with Crippen LogP contribution in [0.4, 0.5) is 0 Å². The van der Waals surface area contributed by atoms with Gasteiger partial charge in [0, 0.05) is 25.6 Å². The molecule has 0 heterocycles. The van der Waals surface area contributed by atoms with E-state index in [-0.39, 0.29) is 18.4 Å². The first-order chi connectivity index (χ1) is 9.40. The number of carbonyl (C=O) groups excluding carboxylic acids is 1. The standard InChI is InChI=1S/C15H21NO4/c1-11(2)20-13-7-4-6-12(10-13)15(19)16(3)9-5-8-14(17)18/h4,6-7,10-11H,5,8-9H2,1-3H3,(H,17,18). The zero-order chi connectivity index (χ0) is 15.1. The Labute approximate surface area is 119 Å². The van der Waals surface area contributed by atoms with Gasteiger partial charge in [-0.3, -0.25) is 9.59 Å². The van der Waals surface area contributed by atoms with E-state index in [9.17, 15) is 9.59 Å². The van der Waals surface area contributed by atoms with Crippen molar-refractivity contribution in [3.63, 3.8) is 0 Å².